The van der Waals surface area contributed by atoms with Crippen molar-refractivity contribution < 1.29 is 9.90 Å². The quantitative estimate of drug-likeness (QED) is 0.353. The number of carboxylic acids is 1. The molecule has 0 spiro atoms. The number of hydrogen-bond donors (Lipinski definition) is 1. The molecule has 2 nitrogen and oxygen atoms in total. The van der Waals surface area contributed by atoms with Gasteiger partial charge in [0.05, 0.1) is 0 Å². The Balaban J connectivity index is 5.11. The fraction of sp³-hybridized carbons (Fsp3) is 0.500. The molecule has 0 rings (SSSR count). The third kappa shape index (κ3) is 8.52. The number of carbonyl (C=O) groups is 1. The minimum Gasteiger partial charge on any atom is -0.478 e. The van der Waals surface area contributed by atoms with E-state index in [0.717, 1.165) is 31.3 Å². The van der Waals surface area contributed by atoms with Crippen molar-refractivity contribution in [3.63, 3.8) is 0 Å². The summed E-state index contributed by atoms with van der Waals surface area (Å²) in [6, 6.07) is 0. The van der Waals surface area contributed by atoms with Crippen molar-refractivity contribution in [3.05, 3.63) is 47.6 Å². The molecule has 0 saturated heterocycles. The van der Waals surface area contributed by atoms with Crippen molar-refractivity contribution in [1.82, 2.24) is 0 Å². The van der Waals surface area contributed by atoms with Gasteiger partial charge < -0.3 is 5.11 Å². The lowest BCUT2D eigenvalue weighted by molar-refractivity contribution is -0.131. The van der Waals surface area contributed by atoms with E-state index in [4.69, 9.17) is 5.11 Å². The van der Waals surface area contributed by atoms with Gasteiger partial charge in [0.2, 0.25) is 0 Å². The molecule has 0 aliphatic carbocycles. The van der Waals surface area contributed by atoms with Crippen LogP contribution in [0.5, 0.6) is 0 Å². The molecule has 0 aliphatic rings. The van der Waals surface area contributed by atoms with Crippen LogP contribution in [-0.2, 0) is 4.79 Å². The van der Waals surface area contributed by atoms with E-state index in [-0.39, 0.29) is 0 Å². The normalized spacial score (nSPS) is 15.2. The topological polar surface area (TPSA) is 37.3 Å². The molecule has 0 amide bonds. The van der Waals surface area contributed by atoms with Crippen molar-refractivity contribution >= 4 is 5.97 Å². The van der Waals surface area contributed by atoms with Crippen LogP contribution in [0.25, 0.3) is 0 Å². The minimum atomic E-state index is -0.899. The van der Waals surface area contributed by atoms with E-state index in [9.17, 15) is 4.79 Å². The minimum absolute atomic E-state index is 0.461. The maximum absolute atomic E-state index is 10.6. The maximum atomic E-state index is 10.6. The van der Waals surface area contributed by atoms with Crippen LogP contribution >= 0.6 is 0 Å². The molecule has 20 heavy (non-hydrogen) atoms. The maximum Gasteiger partial charge on any atom is 0.328 e. The van der Waals surface area contributed by atoms with Crippen molar-refractivity contribution in [1.29, 1.82) is 0 Å². The Kier molecular flexibility index (Phi) is 10.4. The predicted molar refractivity (Wildman–Crippen MR) is 86.7 cm³/mol. The number of aliphatic carboxylic acids is 1. The Hall–Kier alpha value is -1.57. The van der Waals surface area contributed by atoms with E-state index >= 15 is 0 Å². The molecule has 1 N–H and O–H groups in total. The summed E-state index contributed by atoms with van der Waals surface area (Å²) < 4.78 is 0. The van der Waals surface area contributed by atoms with Crippen LogP contribution in [0.1, 0.15) is 53.4 Å². The first-order chi connectivity index (χ1) is 9.57. The zero-order valence-corrected chi connectivity index (χ0v) is 13.2. The predicted octanol–water partition coefficient (Wildman–Crippen LogP) is 5.29. The highest BCUT2D eigenvalue weighted by molar-refractivity contribution is 5.80. The molecule has 112 valence electrons. The molecule has 0 aliphatic heterocycles. The van der Waals surface area contributed by atoms with Crippen molar-refractivity contribution in [2.45, 2.75) is 53.4 Å². The van der Waals surface area contributed by atoms with E-state index in [2.05, 4.69) is 45.1 Å². The van der Waals surface area contributed by atoms with Gasteiger partial charge >= 0.3 is 5.97 Å². The fourth-order valence-electron chi connectivity index (χ4n) is 1.85. The zero-order chi connectivity index (χ0) is 15.4. The first-order valence-corrected chi connectivity index (χ1v) is 7.56. The van der Waals surface area contributed by atoms with Gasteiger partial charge in [0.1, 0.15) is 0 Å². The molecule has 0 saturated carbocycles. The van der Waals surface area contributed by atoms with E-state index in [1.807, 2.05) is 6.92 Å². The SMILES string of the molecule is CC/C=C/C(C=C(/C=C(/C=C/C(=O)O)CC)CC)CC. The van der Waals surface area contributed by atoms with E-state index < -0.39 is 5.97 Å². The molecule has 0 aromatic carbocycles. The Morgan fingerprint density at radius 1 is 1.05 bits per heavy atom. The summed E-state index contributed by atoms with van der Waals surface area (Å²) in [5.41, 5.74) is 2.32. The highest BCUT2D eigenvalue weighted by Crippen LogP contribution is 2.17. The van der Waals surface area contributed by atoms with Crippen molar-refractivity contribution in [2.24, 2.45) is 5.92 Å². The summed E-state index contributed by atoms with van der Waals surface area (Å²) in [5, 5.41) is 8.69. The van der Waals surface area contributed by atoms with Gasteiger partial charge in [-0.05, 0) is 37.2 Å². The Morgan fingerprint density at radius 2 is 1.70 bits per heavy atom. The van der Waals surface area contributed by atoms with E-state index in [0.29, 0.717) is 5.92 Å². The van der Waals surface area contributed by atoms with Crippen LogP contribution in [0.4, 0.5) is 0 Å². The van der Waals surface area contributed by atoms with Crippen LogP contribution in [-0.4, -0.2) is 11.1 Å². The molecule has 2 heteroatoms. The zero-order valence-electron chi connectivity index (χ0n) is 13.2. The summed E-state index contributed by atoms with van der Waals surface area (Å²) >= 11 is 0. The Morgan fingerprint density at radius 3 is 2.15 bits per heavy atom. The van der Waals surface area contributed by atoms with Gasteiger partial charge in [-0.2, -0.15) is 0 Å². The number of carboxylic acid groups (broad SMARTS) is 1. The monoisotopic (exact) mass is 276 g/mol. The number of allylic oxidation sites excluding steroid dienone is 7. The molecule has 0 radical (unpaired) electrons. The van der Waals surface area contributed by atoms with Gasteiger partial charge in [-0.1, -0.05) is 63.6 Å². The van der Waals surface area contributed by atoms with E-state index in [1.165, 1.54) is 11.6 Å². The van der Waals surface area contributed by atoms with Crippen LogP contribution in [0.2, 0.25) is 0 Å². The molecule has 1 unspecified atom stereocenters. The standard InChI is InChI=1S/C18H28O2/c1-5-9-10-15(6-2)13-17(8-4)14-16(7-3)11-12-18(19)20/h9-15H,5-8H2,1-4H3,(H,19,20)/b10-9+,12-11+,16-14+,17-13?. The molecule has 0 aromatic rings. The summed E-state index contributed by atoms with van der Waals surface area (Å²) in [4.78, 5) is 10.6. The summed E-state index contributed by atoms with van der Waals surface area (Å²) in [6.07, 6.45) is 15.7. The molecule has 0 aromatic heterocycles. The first-order valence-electron chi connectivity index (χ1n) is 7.56. The fourth-order valence-corrected chi connectivity index (χ4v) is 1.85. The molecule has 0 bridgehead atoms. The lowest BCUT2D eigenvalue weighted by Gasteiger charge is -2.08. The van der Waals surface area contributed by atoms with Gasteiger partial charge in [-0.15, -0.1) is 0 Å². The summed E-state index contributed by atoms with van der Waals surface area (Å²) in [6.45, 7) is 8.50. The Bertz CT molecular complexity index is 398. The van der Waals surface area contributed by atoms with Crippen molar-refractivity contribution in [3.8, 4) is 0 Å². The summed E-state index contributed by atoms with van der Waals surface area (Å²) in [5.74, 6) is -0.439. The summed E-state index contributed by atoms with van der Waals surface area (Å²) in [7, 11) is 0. The second kappa shape index (κ2) is 11.3. The molecular weight excluding hydrogens is 248 g/mol. The third-order valence-corrected chi connectivity index (χ3v) is 3.15. The van der Waals surface area contributed by atoms with Gasteiger partial charge in [0, 0.05) is 6.08 Å². The van der Waals surface area contributed by atoms with Crippen molar-refractivity contribution in [2.75, 3.05) is 0 Å². The Labute approximate surface area is 123 Å². The first kappa shape index (κ1) is 18.4. The molecule has 0 heterocycles. The highest BCUT2D eigenvalue weighted by Gasteiger charge is 2.00. The number of rotatable bonds is 9. The smallest absolute Gasteiger partial charge is 0.328 e. The van der Waals surface area contributed by atoms with Crippen LogP contribution < -0.4 is 0 Å². The molecular formula is C18H28O2. The van der Waals surface area contributed by atoms with Crippen LogP contribution in [0.15, 0.2) is 47.6 Å². The second-order valence-corrected chi connectivity index (χ2v) is 4.75. The van der Waals surface area contributed by atoms with Gasteiger partial charge in [-0.25, -0.2) is 4.79 Å². The molecule has 0 fully saturated rings. The van der Waals surface area contributed by atoms with Gasteiger partial charge in [0.25, 0.3) is 0 Å². The van der Waals surface area contributed by atoms with Gasteiger partial charge in [-0.3, -0.25) is 0 Å². The largest absolute Gasteiger partial charge is 0.478 e. The highest BCUT2D eigenvalue weighted by atomic mass is 16.4. The van der Waals surface area contributed by atoms with Gasteiger partial charge in [0.15, 0.2) is 0 Å². The average Bonchev–Trinajstić information content (AvgIpc) is 2.45. The van der Waals surface area contributed by atoms with E-state index in [1.54, 1.807) is 6.08 Å². The average molecular weight is 276 g/mol. The molecule has 1 atom stereocenters. The third-order valence-electron chi connectivity index (χ3n) is 3.15. The second-order valence-electron chi connectivity index (χ2n) is 4.75. The number of hydrogen-bond acceptors (Lipinski definition) is 1. The lowest BCUT2D eigenvalue weighted by atomic mass is 9.98. The lowest BCUT2D eigenvalue weighted by Crippen LogP contribution is -1.92. The van der Waals surface area contributed by atoms with Crippen LogP contribution in [0, 0.1) is 5.92 Å². The van der Waals surface area contributed by atoms with Crippen LogP contribution in [0.3, 0.4) is 0 Å².